The second-order valence-corrected chi connectivity index (χ2v) is 7.64. The Labute approximate surface area is 178 Å². The molecule has 0 unspecified atom stereocenters. The van der Waals surface area contributed by atoms with E-state index in [4.69, 9.17) is 4.74 Å². The Hall–Kier alpha value is -3.39. The standard InChI is InChI=1S/C22H21N5O2S/c1-4-11-27-21(16-7-9-18(29-3)10-8-16)24-25-22(27)30-14-17-13-19(28)26-12-5-6-15(2)20(26)23-17/h4-10,12-13H,1,11,14H2,2-3H3. The van der Waals surface area contributed by atoms with Crippen molar-refractivity contribution in [3.63, 3.8) is 0 Å². The molecule has 30 heavy (non-hydrogen) atoms. The molecule has 3 aromatic heterocycles. The summed E-state index contributed by atoms with van der Waals surface area (Å²) in [6.07, 6.45) is 3.54. The van der Waals surface area contributed by atoms with E-state index < -0.39 is 0 Å². The van der Waals surface area contributed by atoms with Crippen molar-refractivity contribution in [2.24, 2.45) is 0 Å². The summed E-state index contributed by atoms with van der Waals surface area (Å²) >= 11 is 1.49. The molecule has 0 aliphatic heterocycles. The summed E-state index contributed by atoms with van der Waals surface area (Å²) in [4.78, 5) is 17.1. The number of ether oxygens (including phenoxy) is 1. The maximum Gasteiger partial charge on any atom is 0.258 e. The Bertz CT molecular complexity index is 1260. The van der Waals surface area contributed by atoms with Crippen molar-refractivity contribution >= 4 is 17.4 Å². The monoisotopic (exact) mass is 419 g/mol. The van der Waals surface area contributed by atoms with Crippen molar-refractivity contribution in [1.29, 1.82) is 0 Å². The molecule has 4 aromatic rings. The predicted octanol–water partition coefficient (Wildman–Crippen LogP) is 3.75. The first-order chi connectivity index (χ1) is 14.6. The van der Waals surface area contributed by atoms with Crippen molar-refractivity contribution in [3.05, 3.63) is 82.9 Å². The number of hydrogen-bond donors (Lipinski definition) is 0. The summed E-state index contributed by atoms with van der Waals surface area (Å²) in [5.41, 5.74) is 3.18. The highest BCUT2D eigenvalue weighted by Crippen LogP contribution is 2.27. The van der Waals surface area contributed by atoms with Gasteiger partial charge < -0.3 is 4.74 Å². The number of thioether (sulfide) groups is 1. The molecule has 0 saturated heterocycles. The summed E-state index contributed by atoms with van der Waals surface area (Å²) in [6, 6.07) is 13.0. The quantitative estimate of drug-likeness (QED) is 0.336. The average Bonchev–Trinajstić information content (AvgIpc) is 3.16. The van der Waals surface area contributed by atoms with Gasteiger partial charge in [0.1, 0.15) is 11.4 Å². The van der Waals surface area contributed by atoms with Crippen molar-refractivity contribution in [3.8, 4) is 17.1 Å². The lowest BCUT2D eigenvalue weighted by molar-refractivity contribution is 0.415. The Morgan fingerprint density at radius 2 is 2.00 bits per heavy atom. The summed E-state index contributed by atoms with van der Waals surface area (Å²) in [5, 5.41) is 9.47. The molecule has 0 aliphatic carbocycles. The number of pyridine rings is 1. The lowest BCUT2D eigenvalue weighted by atomic mass is 10.2. The van der Waals surface area contributed by atoms with Crippen molar-refractivity contribution in [2.75, 3.05) is 7.11 Å². The van der Waals surface area contributed by atoms with Crippen LogP contribution in [-0.2, 0) is 12.3 Å². The van der Waals surface area contributed by atoms with Gasteiger partial charge in [-0.15, -0.1) is 16.8 Å². The lowest BCUT2D eigenvalue weighted by Gasteiger charge is -2.09. The van der Waals surface area contributed by atoms with Gasteiger partial charge in [-0.3, -0.25) is 13.8 Å². The van der Waals surface area contributed by atoms with Gasteiger partial charge in [0.2, 0.25) is 0 Å². The summed E-state index contributed by atoms with van der Waals surface area (Å²) < 4.78 is 8.79. The fraction of sp³-hybridized carbons (Fsp3) is 0.182. The van der Waals surface area contributed by atoms with E-state index in [1.807, 2.05) is 54.0 Å². The number of methoxy groups -OCH3 is 1. The minimum absolute atomic E-state index is 0.0919. The van der Waals surface area contributed by atoms with Gasteiger partial charge in [0, 0.05) is 30.1 Å². The van der Waals surface area contributed by atoms with Gasteiger partial charge in [0.05, 0.1) is 12.8 Å². The number of hydrogen-bond acceptors (Lipinski definition) is 6. The van der Waals surface area contributed by atoms with E-state index in [2.05, 4.69) is 21.8 Å². The van der Waals surface area contributed by atoms with E-state index >= 15 is 0 Å². The Kier molecular flexibility index (Phi) is 5.67. The van der Waals surface area contributed by atoms with Gasteiger partial charge in [-0.05, 0) is 42.8 Å². The topological polar surface area (TPSA) is 74.3 Å². The van der Waals surface area contributed by atoms with Crippen LogP contribution in [0.3, 0.4) is 0 Å². The fourth-order valence-corrected chi connectivity index (χ4v) is 4.00. The molecule has 7 nitrogen and oxygen atoms in total. The van der Waals surface area contributed by atoms with Crippen molar-refractivity contribution in [1.82, 2.24) is 24.1 Å². The molecule has 0 amide bonds. The molecular formula is C22H21N5O2S. The van der Waals surface area contributed by atoms with Crippen LogP contribution < -0.4 is 10.3 Å². The zero-order valence-corrected chi connectivity index (χ0v) is 17.6. The first-order valence-corrected chi connectivity index (χ1v) is 10.4. The van der Waals surface area contributed by atoms with Gasteiger partial charge >= 0.3 is 0 Å². The summed E-state index contributed by atoms with van der Waals surface area (Å²) in [7, 11) is 1.64. The lowest BCUT2D eigenvalue weighted by Crippen LogP contribution is -2.15. The van der Waals surface area contributed by atoms with Crippen LogP contribution in [0.1, 0.15) is 11.3 Å². The number of allylic oxidation sites excluding steroid dienone is 1. The Balaban J connectivity index is 1.63. The van der Waals surface area contributed by atoms with Crippen LogP contribution in [0, 0.1) is 6.92 Å². The van der Waals surface area contributed by atoms with E-state index in [-0.39, 0.29) is 5.56 Å². The average molecular weight is 420 g/mol. The number of fused-ring (bicyclic) bond motifs is 1. The molecule has 152 valence electrons. The second kappa shape index (κ2) is 8.54. The molecule has 0 N–H and O–H groups in total. The van der Waals surface area contributed by atoms with Crippen molar-refractivity contribution in [2.45, 2.75) is 24.4 Å². The normalized spacial score (nSPS) is 11.0. The van der Waals surface area contributed by atoms with Crippen molar-refractivity contribution < 1.29 is 4.74 Å². The molecule has 0 radical (unpaired) electrons. The molecule has 0 spiro atoms. The van der Waals surface area contributed by atoms with Crippen LogP contribution in [0.25, 0.3) is 17.0 Å². The number of rotatable bonds is 7. The molecule has 0 saturated carbocycles. The van der Waals surface area contributed by atoms with Crippen LogP contribution in [-0.4, -0.2) is 31.3 Å². The van der Waals surface area contributed by atoms with Gasteiger partial charge in [0.25, 0.3) is 5.56 Å². The molecule has 4 rings (SSSR count). The predicted molar refractivity (Wildman–Crippen MR) is 118 cm³/mol. The third-order valence-corrected chi connectivity index (χ3v) is 5.67. The van der Waals surface area contributed by atoms with E-state index in [0.717, 1.165) is 27.9 Å². The van der Waals surface area contributed by atoms with Gasteiger partial charge in [-0.1, -0.05) is 23.9 Å². The molecule has 0 bridgehead atoms. The molecule has 3 heterocycles. The molecule has 0 fully saturated rings. The fourth-order valence-electron chi connectivity index (χ4n) is 3.16. The smallest absolute Gasteiger partial charge is 0.258 e. The molecular weight excluding hydrogens is 398 g/mol. The number of nitrogens with zero attached hydrogens (tertiary/aromatic N) is 5. The number of aromatic nitrogens is 5. The Morgan fingerprint density at radius 3 is 2.73 bits per heavy atom. The minimum atomic E-state index is -0.0919. The van der Waals surface area contributed by atoms with E-state index in [0.29, 0.717) is 23.6 Å². The third-order valence-electron chi connectivity index (χ3n) is 4.67. The molecule has 0 aliphatic rings. The second-order valence-electron chi connectivity index (χ2n) is 6.69. The molecule has 1 aromatic carbocycles. The van der Waals surface area contributed by atoms with Crippen LogP contribution in [0.2, 0.25) is 0 Å². The maximum atomic E-state index is 12.4. The Morgan fingerprint density at radius 1 is 1.20 bits per heavy atom. The summed E-state index contributed by atoms with van der Waals surface area (Å²) in [5.74, 6) is 2.05. The third kappa shape index (κ3) is 3.86. The van der Waals surface area contributed by atoms with Crippen LogP contribution in [0.5, 0.6) is 5.75 Å². The zero-order valence-electron chi connectivity index (χ0n) is 16.8. The molecule has 8 heteroatoms. The highest BCUT2D eigenvalue weighted by atomic mass is 32.2. The van der Waals surface area contributed by atoms with E-state index in [1.54, 1.807) is 23.8 Å². The molecule has 0 atom stereocenters. The minimum Gasteiger partial charge on any atom is -0.497 e. The first kappa shape index (κ1) is 19.9. The van der Waals surface area contributed by atoms with Gasteiger partial charge in [0.15, 0.2) is 11.0 Å². The van der Waals surface area contributed by atoms with Gasteiger partial charge in [-0.2, -0.15) is 0 Å². The summed E-state index contributed by atoms with van der Waals surface area (Å²) in [6.45, 7) is 6.37. The largest absolute Gasteiger partial charge is 0.497 e. The highest BCUT2D eigenvalue weighted by molar-refractivity contribution is 7.98. The maximum absolute atomic E-state index is 12.4. The SMILES string of the molecule is C=CCn1c(SCc2cc(=O)n3cccc(C)c3n2)nnc1-c1ccc(OC)cc1. The number of benzene rings is 1. The van der Waals surface area contributed by atoms with E-state index in [1.165, 1.54) is 11.8 Å². The number of aryl methyl sites for hydroxylation is 1. The van der Waals surface area contributed by atoms with E-state index in [9.17, 15) is 4.79 Å². The van der Waals surface area contributed by atoms with Crippen LogP contribution in [0.15, 0.2) is 71.3 Å². The van der Waals surface area contributed by atoms with Gasteiger partial charge in [-0.25, -0.2) is 4.98 Å². The van der Waals surface area contributed by atoms with Crippen LogP contribution in [0.4, 0.5) is 0 Å². The highest BCUT2D eigenvalue weighted by Gasteiger charge is 2.15. The first-order valence-electron chi connectivity index (χ1n) is 9.40. The van der Waals surface area contributed by atoms with Crippen LogP contribution >= 0.6 is 11.8 Å². The zero-order chi connectivity index (χ0) is 21.1.